The number of morpholine rings is 2. The van der Waals surface area contributed by atoms with Gasteiger partial charge in [0.25, 0.3) is 11.8 Å². The van der Waals surface area contributed by atoms with E-state index in [9.17, 15) is 33.1 Å². The van der Waals surface area contributed by atoms with Crippen molar-refractivity contribution in [3.63, 3.8) is 0 Å². The Morgan fingerprint density at radius 1 is 0.551 bits per heavy atom. The van der Waals surface area contributed by atoms with Crippen LogP contribution in [0.15, 0.2) is 146 Å². The van der Waals surface area contributed by atoms with Crippen LogP contribution in [0.5, 0.6) is 23.0 Å². The van der Waals surface area contributed by atoms with Crippen LogP contribution in [0, 0.1) is 11.6 Å². The molecular formula is C60H54F2N6O10. The first-order chi connectivity index (χ1) is 37.6. The number of carbonyl (C=O) groups excluding carboxylic acids is 4. The number of aromatic nitrogens is 2. The third-order valence-electron chi connectivity index (χ3n) is 13.8. The first-order valence-corrected chi connectivity index (χ1v) is 25.1. The van der Waals surface area contributed by atoms with Gasteiger partial charge in [-0.05, 0) is 70.8 Å². The standard InChI is InChI=1S/C36H30FN3O5.C23H20FN3O5.CH4/c37-27-15-13-24(14-16-27)22-40-23-29-30(35(40)41)34(44-32(25-8-3-1-4-9-25)26-10-5-2-6-11-26)31-28(12-7-17-38-31)33(29)45-36(42)39-18-20-43-21-19-39;24-15-5-3-14(4-6-15)12-27-13-17-18(22(27)29)20(28)19-16(2-1-7-25-19)21(17)32-23(30)26-8-10-31-11-9-26;/h1-17,32H,18-23H2;1-7,28H,8-13H2;1H4. The summed E-state index contributed by atoms with van der Waals surface area (Å²) < 4.78 is 56.4. The van der Waals surface area contributed by atoms with E-state index in [4.69, 9.17) is 23.7 Å². The summed E-state index contributed by atoms with van der Waals surface area (Å²) >= 11 is 0. The summed E-state index contributed by atoms with van der Waals surface area (Å²) in [4.78, 5) is 68.9. The van der Waals surface area contributed by atoms with Crippen molar-refractivity contribution in [2.24, 2.45) is 0 Å². The summed E-state index contributed by atoms with van der Waals surface area (Å²) in [7, 11) is 0. The topological polar surface area (TPSA) is 173 Å². The number of carbonyl (C=O) groups is 4. The maximum Gasteiger partial charge on any atom is 0.415 e. The number of benzene rings is 6. The zero-order valence-electron chi connectivity index (χ0n) is 41.5. The van der Waals surface area contributed by atoms with Crippen LogP contribution < -0.4 is 14.2 Å². The lowest BCUT2D eigenvalue weighted by Gasteiger charge is -2.27. The van der Waals surface area contributed by atoms with Crippen molar-refractivity contribution < 1.29 is 56.7 Å². The van der Waals surface area contributed by atoms with E-state index in [0.29, 0.717) is 91.3 Å². The number of phenols is 1. The van der Waals surface area contributed by atoms with Gasteiger partial charge in [-0.1, -0.05) is 92.4 Å². The van der Waals surface area contributed by atoms with Gasteiger partial charge in [0.1, 0.15) is 40.3 Å². The quantitative estimate of drug-likeness (QED) is 0.138. The number of halogens is 2. The molecule has 0 bridgehead atoms. The second-order valence-corrected chi connectivity index (χ2v) is 18.7. The monoisotopic (exact) mass is 1060 g/mol. The minimum Gasteiger partial charge on any atom is -0.505 e. The highest BCUT2D eigenvalue weighted by molar-refractivity contribution is 6.10. The van der Waals surface area contributed by atoms with Gasteiger partial charge in [0.2, 0.25) is 0 Å². The average Bonchev–Trinajstić information content (AvgIpc) is 4.02. The number of aromatic hydroxyl groups is 1. The molecule has 0 aliphatic carbocycles. The molecule has 78 heavy (non-hydrogen) atoms. The Balaban J connectivity index is 0.000000184. The molecule has 6 aromatic carbocycles. The average molecular weight is 1060 g/mol. The van der Waals surface area contributed by atoms with Crippen molar-refractivity contribution in [3.05, 3.63) is 202 Å². The fourth-order valence-electron chi connectivity index (χ4n) is 9.94. The van der Waals surface area contributed by atoms with E-state index in [2.05, 4.69) is 9.97 Å². The molecule has 16 nitrogen and oxygen atoms in total. The summed E-state index contributed by atoms with van der Waals surface area (Å²) in [5, 5.41) is 11.8. The van der Waals surface area contributed by atoms with Gasteiger partial charge in [-0.3, -0.25) is 19.6 Å². The Labute approximate surface area is 447 Å². The fourth-order valence-corrected chi connectivity index (χ4v) is 9.94. The van der Waals surface area contributed by atoms with Crippen LogP contribution in [0.25, 0.3) is 21.8 Å². The van der Waals surface area contributed by atoms with E-state index in [0.717, 1.165) is 22.3 Å². The second-order valence-electron chi connectivity index (χ2n) is 18.7. The van der Waals surface area contributed by atoms with Crippen molar-refractivity contribution in [1.82, 2.24) is 29.6 Å². The zero-order valence-corrected chi connectivity index (χ0v) is 41.5. The SMILES string of the molecule is C.O=C(Oc1c2c(c(O)c3ncccc13)C(=O)N(Cc1ccc(F)cc1)C2)N1CCOCC1.O=C(Oc1c2c(c(OC(c3ccccc3)c3ccccc3)c3ncccc13)C(=O)N(Cc1ccc(F)cc1)C2)N1CCOCC1. The number of pyridine rings is 2. The maximum atomic E-state index is 14.3. The normalized spacial score (nSPS) is 14.9. The molecule has 18 heteroatoms. The first kappa shape index (κ1) is 52.4. The Morgan fingerprint density at radius 3 is 1.45 bits per heavy atom. The largest absolute Gasteiger partial charge is 0.505 e. The molecule has 2 saturated heterocycles. The molecule has 8 aromatic rings. The van der Waals surface area contributed by atoms with Crippen molar-refractivity contribution in [2.45, 2.75) is 39.7 Å². The molecule has 0 atom stereocenters. The fraction of sp³-hybridized carbons (Fsp3) is 0.233. The summed E-state index contributed by atoms with van der Waals surface area (Å²) in [5.74, 6) is -0.844. The lowest BCUT2D eigenvalue weighted by molar-refractivity contribution is 0.0415. The Morgan fingerprint density at radius 2 is 0.974 bits per heavy atom. The van der Waals surface area contributed by atoms with Crippen LogP contribution in [-0.2, 0) is 35.7 Å². The van der Waals surface area contributed by atoms with Crippen molar-refractivity contribution >= 4 is 45.8 Å². The molecule has 4 aliphatic rings. The number of rotatable bonds is 10. The number of nitrogens with zero attached hydrogens (tertiary/aromatic N) is 6. The number of amides is 4. The van der Waals surface area contributed by atoms with Gasteiger partial charge in [-0.2, -0.15) is 0 Å². The third-order valence-corrected chi connectivity index (χ3v) is 13.8. The van der Waals surface area contributed by atoms with Crippen LogP contribution >= 0.6 is 0 Å². The lowest BCUT2D eigenvalue weighted by Crippen LogP contribution is -2.42. The molecular weight excluding hydrogens is 1000 g/mol. The Kier molecular flexibility index (Phi) is 15.5. The smallest absolute Gasteiger partial charge is 0.415 e. The van der Waals surface area contributed by atoms with Gasteiger partial charge >= 0.3 is 12.2 Å². The van der Waals surface area contributed by atoms with Crippen LogP contribution in [0.1, 0.15) is 67.6 Å². The summed E-state index contributed by atoms with van der Waals surface area (Å²) in [6.07, 6.45) is 1.51. The molecule has 1 N–H and O–H groups in total. The highest BCUT2D eigenvalue weighted by Gasteiger charge is 2.40. The number of fused-ring (bicyclic) bond motifs is 4. The number of phenolic OH excluding ortho intramolecular Hbond substituents is 1. The molecule has 4 amide bonds. The van der Waals surface area contributed by atoms with Gasteiger partial charge in [0.05, 0.1) is 50.6 Å². The molecule has 6 heterocycles. The molecule has 2 fully saturated rings. The van der Waals surface area contributed by atoms with Crippen molar-refractivity contribution in [1.29, 1.82) is 0 Å². The van der Waals surface area contributed by atoms with Crippen LogP contribution in [0.2, 0.25) is 0 Å². The van der Waals surface area contributed by atoms with Crippen LogP contribution in [-0.4, -0.2) is 111 Å². The Hall–Kier alpha value is -9.00. The van der Waals surface area contributed by atoms with E-state index in [1.54, 1.807) is 58.5 Å². The zero-order chi connectivity index (χ0) is 53.0. The second kappa shape index (κ2) is 23.1. The van der Waals surface area contributed by atoms with E-state index >= 15 is 0 Å². The van der Waals surface area contributed by atoms with Crippen LogP contribution in [0.3, 0.4) is 0 Å². The van der Waals surface area contributed by atoms with Crippen molar-refractivity contribution in [3.8, 4) is 23.0 Å². The summed E-state index contributed by atoms with van der Waals surface area (Å²) in [6.45, 7) is 4.07. The molecule has 0 spiro atoms. The summed E-state index contributed by atoms with van der Waals surface area (Å²) in [6, 6.07) is 38.4. The molecule has 0 saturated carbocycles. The van der Waals surface area contributed by atoms with E-state index < -0.39 is 24.2 Å². The van der Waals surface area contributed by atoms with Gasteiger partial charge in [-0.15, -0.1) is 0 Å². The van der Waals surface area contributed by atoms with Gasteiger partial charge < -0.3 is 48.4 Å². The van der Waals surface area contributed by atoms with E-state index in [-0.39, 0.29) is 79.5 Å². The van der Waals surface area contributed by atoms with Gasteiger partial charge in [0, 0.05) is 73.6 Å². The maximum absolute atomic E-state index is 14.3. The minimum absolute atomic E-state index is 0. The third kappa shape index (κ3) is 10.7. The highest BCUT2D eigenvalue weighted by atomic mass is 19.1. The van der Waals surface area contributed by atoms with Crippen molar-refractivity contribution in [2.75, 3.05) is 52.6 Å². The van der Waals surface area contributed by atoms with Gasteiger partial charge in [-0.25, -0.2) is 18.4 Å². The highest BCUT2D eigenvalue weighted by Crippen LogP contribution is 2.48. The molecule has 398 valence electrons. The predicted molar refractivity (Wildman–Crippen MR) is 284 cm³/mol. The number of hydrogen-bond acceptors (Lipinski definition) is 12. The molecule has 2 aromatic heterocycles. The summed E-state index contributed by atoms with van der Waals surface area (Å²) in [5.41, 5.74) is 5.24. The Bertz CT molecular complexity index is 3470. The number of hydrogen-bond donors (Lipinski definition) is 1. The predicted octanol–water partition coefficient (Wildman–Crippen LogP) is 10.2. The molecule has 4 aliphatic heterocycles. The minimum atomic E-state index is -0.553. The van der Waals surface area contributed by atoms with E-state index in [1.165, 1.54) is 40.3 Å². The molecule has 0 unspecified atom stereocenters. The first-order valence-electron chi connectivity index (χ1n) is 25.1. The van der Waals surface area contributed by atoms with E-state index in [1.807, 2.05) is 66.7 Å². The molecule has 12 rings (SSSR count). The number of ether oxygens (including phenoxy) is 5. The molecule has 0 radical (unpaired) electrons. The lowest BCUT2D eigenvalue weighted by atomic mass is 9.99. The van der Waals surface area contributed by atoms with Gasteiger partial charge in [0.15, 0.2) is 11.5 Å². The van der Waals surface area contributed by atoms with Crippen LogP contribution in [0.4, 0.5) is 18.4 Å².